The Morgan fingerprint density at radius 3 is 2.52 bits per heavy atom. The van der Waals surface area contributed by atoms with Crippen molar-refractivity contribution in [2.24, 2.45) is 29.6 Å². The lowest BCUT2D eigenvalue weighted by Crippen LogP contribution is -2.63. The second-order valence-electron chi connectivity index (χ2n) is 12.5. The number of carbonyl (C=O) groups is 2. The van der Waals surface area contributed by atoms with Crippen molar-refractivity contribution in [1.29, 1.82) is 0 Å². The first-order valence-corrected chi connectivity index (χ1v) is 15.9. The molecular weight excluding hydrogens is 531 g/mol. The summed E-state index contributed by atoms with van der Waals surface area (Å²) < 4.78 is 19.1. The smallest absolute Gasteiger partial charge is 0.258 e. The van der Waals surface area contributed by atoms with Gasteiger partial charge in [-0.3, -0.25) is 14.9 Å². The van der Waals surface area contributed by atoms with Gasteiger partial charge in [0.1, 0.15) is 11.6 Å². The average molecular weight is 577 g/mol. The molecular formula is C31H46ClFN4O3. The predicted octanol–water partition coefficient (Wildman–Crippen LogP) is 4.78. The molecule has 1 heterocycles. The van der Waals surface area contributed by atoms with Crippen molar-refractivity contribution in [3.05, 3.63) is 29.0 Å². The van der Waals surface area contributed by atoms with Crippen molar-refractivity contribution in [3.8, 4) is 5.75 Å². The molecule has 6 rings (SSSR count). The summed E-state index contributed by atoms with van der Waals surface area (Å²) in [4.78, 5) is 26.1. The minimum Gasteiger partial charge on any atom is -0.484 e. The molecule has 1 aromatic rings. The van der Waals surface area contributed by atoms with E-state index in [0.717, 1.165) is 25.8 Å². The molecule has 5 fully saturated rings. The van der Waals surface area contributed by atoms with Crippen LogP contribution in [0, 0.1) is 35.4 Å². The molecule has 5 aliphatic rings. The van der Waals surface area contributed by atoms with Crippen LogP contribution in [-0.2, 0) is 9.59 Å². The Hall–Kier alpha value is -1.90. The minimum atomic E-state index is -0.581. The molecule has 2 amide bonds. The van der Waals surface area contributed by atoms with Gasteiger partial charge in [-0.25, -0.2) is 4.39 Å². The molecule has 4 saturated carbocycles. The fourth-order valence-corrected chi connectivity index (χ4v) is 7.69. The van der Waals surface area contributed by atoms with Crippen molar-refractivity contribution in [2.75, 3.05) is 19.7 Å². The van der Waals surface area contributed by atoms with Crippen molar-refractivity contribution < 1.29 is 18.7 Å². The standard InChI is InChI=1S/C31H46ClFN4O3/c1-2-29-34-16-24(19-8-6-4-3-5-7-9-19)28(36-29)17-35-31(39)23-15-27(21-12-20(23)13-21)37-30(38)18-40-22-10-11-25(32)26(33)14-22/h10-11,14,19-21,23-24,27-29,34,36H,2-9,12-13,15-18H2,1H3,(H,35,39)(H,37,38)/t20?,21?,23?,24?,27-,28?,29-/m0/s1. The molecule has 40 heavy (non-hydrogen) atoms. The van der Waals surface area contributed by atoms with Crippen LogP contribution in [0.4, 0.5) is 4.39 Å². The van der Waals surface area contributed by atoms with E-state index in [4.69, 9.17) is 16.3 Å². The lowest BCUT2D eigenvalue weighted by Gasteiger charge is -2.51. The van der Waals surface area contributed by atoms with Crippen LogP contribution in [0.2, 0.25) is 5.02 Å². The summed E-state index contributed by atoms with van der Waals surface area (Å²) >= 11 is 5.72. The molecule has 2 bridgehead atoms. The van der Waals surface area contributed by atoms with E-state index in [1.807, 2.05) is 0 Å². The molecule has 4 aliphatic carbocycles. The highest BCUT2D eigenvalue weighted by Crippen LogP contribution is 2.49. The summed E-state index contributed by atoms with van der Waals surface area (Å²) in [5, 5.41) is 13.9. The summed E-state index contributed by atoms with van der Waals surface area (Å²) in [6.45, 7) is 3.67. The Labute approximate surface area is 243 Å². The van der Waals surface area contributed by atoms with Crippen molar-refractivity contribution >= 4 is 23.4 Å². The zero-order valence-electron chi connectivity index (χ0n) is 23.7. The van der Waals surface area contributed by atoms with Gasteiger partial charge >= 0.3 is 0 Å². The first-order valence-electron chi connectivity index (χ1n) is 15.6. The van der Waals surface area contributed by atoms with Crippen molar-refractivity contribution in [2.45, 2.75) is 95.8 Å². The maximum atomic E-state index is 13.7. The van der Waals surface area contributed by atoms with Crippen LogP contribution >= 0.6 is 11.6 Å². The van der Waals surface area contributed by atoms with Gasteiger partial charge in [-0.15, -0.1) is 0 Å². The SMILES string of the molecule is CC[C@H]1NCC(C2CCCCCCC2)C(CNC(=O)C2C[C@H](NC(=O)COc3ccc(Cl)c(F)c3)C3CC2C3)N1. The summed E-state index contributed by atoms with van der Waals surface area (Å²) in [6.07, 6.45) is 13.2. The van der Waals surface area contributed by atoms with E-state index < -0.39 is 5.82 Å². The van der Waals surface area contributed by atoms with Gasteiger partial charge in [0.05, 0.1) is 11.2 Å². The third-order valence-corrected chi connectivity index (χ3v) is 10.3. The second-order valence-corrected chi connectivity index (χ2v) is 12.9. The molecule has 5 atom stereocenters. The molecule has 1 saturated heterocycles. The Morgan fingerprint density at radius 1 is 1.05 bits per heavy atom. The first-order chi connectivity index (χ1) is 19.4. The number of nitrogens with one attached hydrogen (secondary N) is 4. The highest BCUT2D eigenvalue weighted by atomic mass is 35.5. The van der Waals surface area contributed by atoms with Crippen LogP contribution in [0.3, 0.4) is 0 Å². The number of fused-ring (bicyclic) bond motifs is 2. The molecule has 3 unspecified atom stereocenters. The predicted molar refractivity (Wildman–Crippen MR) is 154 cm³/mol. The maximum Gasteiger partial charge on any atom is 0.258 e. The van der Waals surface area contributed by atoms with Crippen LogP contribution in [0.15, 0.2) is 18.2 Å². The molecule has 0 spiro atoms. The number of rotatable bonds is 9. The number of hydrogen-bond donors (Lipinski definition) is 4. The number of hydrogen-bond acceptors (Lipinski definition) is 5. The second kappa shape index (κ2) is 13.8. The molecule has 222 valence electrons. The van der Waals surface area contributed by atoms with E-state index in [0.29, 0.717) is 42.8 Å². The zero-order valence-corrected chi connectivity index (χ0v) is 24.5. The number of benzene rings is 1. The highest BCUT2D eigenvalue weighted by molar-refractivity contribution is 6.30. The maximum absolute atomic E-state index is 13.7. The average Bonchev–Trinajstić information content (AvgIpc) is 2.91. The van der Waals surface area contributed by atoms with Gasteiger partial charge < -0.3 is 20.7 Å². The Morgan fingerprint density at radius 2 is 1.80 bits per heavy atom. The van der Waals surface area contributed by atoms with Crippen LogP contribution in [0.25, 0.3) is 0 Å². The number of ether oxygens (including phenoxy) is 1. The van der Waals surface area contributed by atoms with Gasteiger partial charge in [-0.1, -0.05) is 63.5 Å². The van der Waals surface area contributed by atoms with Gasteiger partial charge in [-0.05, 0) is 61.5 Å². The fraction of sp³-hybridized carbons (Fsp3) is 0.742. The van der Waals surface area contributed by atoms with Crippen LogP contribution < -0.4 is 26.0 Å². The lowest BCUT2D eigenvalue weighted by molar-refractivity contribution is -0.136. The summed E-state index contributed by atoms with van der Waals surface area (Å²) in [5.41, 5.74) is 0. The van der Waals surface area contributed by atoms with E-state index in [1.165, 1.54) is 63.1 Å². The number of amides is 2. The Bertz CT molecular complexity index is 1010. The molecule has 0 radical (unpaired) electrons. The molecule has 1 aliphatic heterocycles. The number of carbonyl (C=O) groups excluding carboxylic acids is 2. The van der Waals surface area contributed by atoms with Gasteiger partial charge in [-0.2, -0.15) is 0 Å². The third-order valence-electron chi connectivity index (χ3n) is 9.99. The van der Waals surface area contributed by atoms with Crippen LogP contribution in [0.5, 0.6) is 5.75 Å². The zero-order chi connectivity index (χ0) is 28.1. The van der Waals surface area contributed by atoms with E-state index >= 15 is 0 Å². The lowest BCUT2D eigenvalue weighted by atomic mass is 9.57. The van der Waals surface area contributed by atoms with E-state index in [1.54, 1.807) is 0 Å². The topological polar surface area (TPSA) is 91.5 Å². The first kappa shape index (κ1) is 29.6. The van der Waals surface area contributed by atoms with Crippen LogP contribution in [-0.4, -0.2) is 49.8 Å². The summed E-state index contributed by atoms with van der Waals surface area (Å²) in [5.74, 6) is 1.51. The molecule has 0 aromatic heterocycles. The van der Waals surface area contributed by atoms with Crippen molar-refractivity contribution in [1.82, 2.24) is 21.3 Å². The van der Waals surface area contributed by atoms with Crippen molar-refractivity contribution in [3.63, 3.8) is 0 Å². The van der Waals surface area contributed by atoms with Gasteiger partial charge in [0, 0.05) is 37.2 Å². The van der Waals surface area contributed by atoms with Gasteiger partial charge in [0.25, 0.3) is 5.91 Å². The van der Waals surface area contributed by atoms with E-state index in [9.17, 15) is 14.0 Å². The van der Waals surface area contributed by atoms with E-state index in [2.05, 4.69) is 28.2 Å². The number of halogens is 2. The van der Waals surface area contributed by atoms with Gasteiger partial charge in [0.15, 0.2) is 6.61 Å². The monoisotopic (exact) mass is 576 g/mol. The fourth-order valence-electron chi connectivity index (χ4n) is 7.57. The minimum absolute atomic E-state index is 0.0133. The van der Waals surface area contributed by atoms with Gasteiger partial charge in [0.2, 0.25) is 5.91 Å². The van der Waals surface area contributed by atoms with Crippen LogP contribution in [0.1, 0.15) is 77.6 Å². The quantitative estimate of drug-likeness (QED) is 0.340. The van der Waals surface area contributed by atoms with E-state index in [-0.39, 0.29) is 47.2 Å². The Balaban J connectivity index is 1.12. The molecule has 9 heteroatoms. The normalized spacial score (nSPS) is 32.7. The molecule has 1 aromatic carbocycles. The highest BCUT2D eigenvalue weighted by Gasteiger charge is 2.49. The largest absolute Gasteiger partial charge is 0.484 e. The molecule has 7 nitrogen and oxygen atoms in total. The summed E-state index contributed by atoms with van der Waals surface area (Å²) in [6, 6.07) is 4.36. The molecule has 4 N–H and O–H groups in total. The Kier molecular flexibility index (Phi) is 10.2. The third kappa shape index (κ3) is 7.29. The summed E-state index contributed by atoms with van der Waals surface area (Å²) in [7, 11) is 0.